The highest BCUT2D eigenvalue weighted by Gasteiger charge is 2.16. The van der Waals surface area contributed by atoms with Crippen molar-refractivity contribution in [1.82, 2.24) is 9.78 Å². The third kappa shape index (κ3) is 3.34. The molecule has 106 valence electrons. The average Bonchev–Trinajstić information content (AvgIpc) is 2.67. The molecule has 1 atom stereocenters. The van der Waals surface area contributed by atoms with Gasteiger partial charge in [0, 0.05) is 19.2 Å². The molecule has 0 fully saturated rings. The molecule has 2 rings (SSSR count). The van der Waals surface area contributed by atoms with Crippen molar-refractivity contribution in [2.45, 2.75) is 20.0 Å². The molecule has 0 aliphatic heterocycles. The quantitative estimate of drug-likeness (QED) is 0.932. The van der Waals surface area contributed by atoms with Crippen LogP contribution in [0.15, 0.2) is 30.3 Å². The second-order valence-corrected chi connectivity index (χ2v) is 4.50. The molecule has 1 N–H and O–H groups in total. The van der Waals surface area contributed by atoms with Crippen LogP contribution in [-0.4, -0.2) is 21.8 Å². The van der Waals surface area contributed by atoms with Crippen LogP contribution in [0.25, 0.3) is 0 Å². The summed E-state index contributed by atoms with van der Waals surface area (Å²) in [5, 5.41) is 6.84. The van der Waals surface area contributed by atoms with Gasteiger partial charge in [-0.2, -0.15) is 5.10 Å². The Labute approximate surface area is 116 Å². The molecule has 5 nitrogen and oxygen atoms in total. The minimum Gasteiger partial charge on any atom is -0.481 e. The lowest BCUT2D eigenvalue weighted by Gasteiger charge is -2.14. The van der Waals surface area contributed by atoms with Crippen LogP contribution in [0, 0.1) is 12.7 Å². The van der Waals surface area contributed by atoms with Crippen LogP contribution in [-0.2, 0) is 11.8 Å². The maximum absolute atomic E-state index is 13.0. The van der Waals surface area contributed by atoms with E-state index >= 15 is 0 Å². The molecule has 0 aliphatic carbocycles. The Hall–Kier alpha value is -2.37. The first-order chi connectivity index (χ1) is 9.45. The van der Waals surface area contributed by atoms with Crippen molar-refractivity contribution in [1.29, 1.82) is 0 Å². The number of hydrogen-bond acceptors (Lipinski definition) is 3. The van der Waals surface area contributed by atoms with Gasteiger partial charge in [0.15, 0.2) is 6.10 Å². The van der Waals surface area contributed by atoms with Gasteiger partial charge in [-0.25, -0.2) is 4.39 Å². The molecule has 0 saturated heterocycles. The lowest BCUT2D eigenvalue weighted by molar-refractivity contribution is -0.122. The summed E-state index contributed by atoms with van der Waals surface area (Å²) in [4.78, 5) is 12.0. The monoisotopic (exact) mass is 277 g/mol. The normalized spacial score (nSPS) is 12.0. The van der Waals surface area contributed by atoms with E-state index in [1.807, 2.05) is 6.92 Å². The number of carbonyl (C=O) groups excluding carboxylic acids is 1. The van der Waals surface area contributed by atoms with Crippen LogP contribution >= 0.6 is 0 Å². The fraction of sp³-hybridized carbons (Fsp3) is 0.286. The first-order valence-corrected chi connectivity index (χ1v) is 6.19. The van der Waals surface area contributed by atoms with Crippen LogP contribution in [0.4, 0.5) is 10.2 Å². The zero-order chi connectivity index (χ0) is 14.7. The van der Waals surface area contributed by atoms with Crippen molar-refractivity contribution >= 4 is 11.7 Å². The molecule has 1 amide bonds. The van der Waals surface area contributed by atoms with E-state index in [1.54, 1.807) is 30.8 Å². The van der Waals surface area contributed by atoms with E-state index in [1.165, 1.54) is 18.2 Å². The SMILES string of the molecule is Cc1cc(NC(=O)C(C)Oc2cccc(F)c2)n(C)n1. The van der Waals surface area contributed by atoms with Gasteiger partial charge in [-0.05, 0) is 26.0 Å². The molecule has 20 heavy (non-hydrogen) atoms. The number of rotatable bonds is 4. The van der Waals surface area contributed by atoms with Crippen LogP contribution in [0.1, 0.15) is 12.6 Å². The molecule has 0 aliphatic rings. The average molecular weight is 277 g/mol. The van der Waals surface area contributed by atoms with Gasteiger partial charge < -0.3 is 10.1 Å². The van der Waals surface area contributed by atoms with Gasteiger partial charge in [0.2, 0.25) is 0 Å². The Bertz CT molecular complexity index is 625. The predicted octanol–water partition coefficient (Wildman–Crippen LogP) is 2.27. The highest BCUT2D eigenvalue weighted by molar-refractivity contribution is 5.93. The molecular formula is C14H16FN3O2. The maximum Gasteiger partial charge on any atom is 0.266 e. The number of aromatic nitrogens is 2. The highest BCUT2D eigenvalue weighted by Crippen LogP contribution is 2.15. The summed E-state index contributed by atoms with van der Waals surface area (Å²) in [6, 6.07) is 7.43. The van der Waals surface area contributed by atoms with E-state index in [2.05, 4.69) is 10.4 Å². The number of anilines is 1. The summed E-state index contributed by atoms with van der Waals surface area (Å²) in [6.45, 7) is 3.44. The van der Waals surface area contributed by atoms with Gasteiger partial charge in [0.05, 0.1) is 5.69 Å². The van der Waals surface area contributed by atoms with E-state index in [0.29, 0.717) is 11.6 Å². The summed E-state index contributed by atoms with van der Waals surface area (Å²) in [5.74, 6) is 0.172. The van der Waals surface area contributed by atoms with Crippen LogP contribution in [0.3, 0.4) is 0 Å². The first-order valence-electron chi connectivity index (χ1n) is 6.19. The maximum atomic E-state index is 13.0. The summed E-state index contributed by atoms with van der Waals surface area (Å²) in [7, 11) is 1.74. The Kier molecular flexibility index (Phi) is 4.02. The number of nitrogens with zero attached hydrogens (tertiary/aromatic N) is 2. The zero-order valence-electron chi connectivity index (χ0n) is 11.6. The molecule has 0 saturated carbocycles. The van der Waals surface area contributed by atoms with Crippen molar-refractivity contribution in [2.24, 2.45) is 7.05 Å². The minimum atomic E-state index is -0.744. The van der Waals surface area contributed by atoms with E-state index in [9.17, 15) is 9.18 Å². The third-order valence-corrected chi connectivity index (χ3v) is 2.73. The Morgan fingerprint density at radius 2 is 2.20 bits per heavy atom. The van der Waals surface area contributed by atoms with Crippen molar-refractivity contribution in [3.05, 3.63) is 41.8 Å². The molecule has 0 bridgehead atoms. The van der Waals surface area contributed by atoms with Crippen molar-refractivity contribution in [3.8, 4) is 5.75 Å². The smallest absolute Gasteiger partial charge is 0.266 e. The van der Waals surface area contributed by atoms with Gasteiger partial charge in [-0.1, -0.05) is 6.07 Å². The van der Waals surface area contributed by atoms with Crippen molar-refractivity contribution in [2.75, 3.05) is 5.32 Å². The Morgan fingerprint density at radius 1 is 1.45 bits per heavy atom. The van der Waals surface area contributed by atoms with Gasteiger partial charge >= 0.3 is 0 Å². The molecule has 1 unspecified atom stereocenters. The predicted molar refractivity (Wildman–Crippen MR) is 73.1 cm³/mol. The number of hydrogen-bond donors (Lipinski definition) is 1. The largest absolute Gasteiger partial charge is 0.481 e. The Balaban J connectivity index is 2.00. The standard InChI is InChI=1S/C14H16FN3O2/c1-9-7-13(18(3)17-9)16-14(19)10(2)20-12-6-4-5-11(15)8-12/h4-8,10H,1-3H3,(H,16,19). The number of nitrogens with one attached hydrogen (secondary N) is 1. The molecule has 0 spiro atoms. The molecule has 6 heteroatoms. The van der Waals surface area contributed by atoms with Gasteiger partial charge in [-0.3, -0.25) is 9.48 Å². The van der Waals surface area contributed by atoms with Crippen LogP contribution in [0.5, 0.6) is 5.75 Å². The summed E-state index contributed by atoms with van der Waals surface area (Å²) < 4.78 is 20.0. The molecular weight excluding hydrogens is 261 g/mol. The number of carbonyl (C=O) groups is 1. The van der Waals surface area contributed by atoms with E-state index in [4.69, 9.17) is 4.74 Å². The minimum absolute atomic E-state index is 0.314. The van der Waals surface area contributed by atoms with Gasteiger partial charge in [0.25, 0.3) is 5.91 Å². The molecule has 2 aromatic rings. The number of amides is 1. The lowest BCUT2D eigenvalue weighted by Crippen LogP contribution is -2.30. The zero-order valence-corrected chi connectivity index (χ0v) is 11.6. The highest BCUT2D eigenvalue weighted by atomic mass is 19.1. The van der Waals surface area contributed by atoms with E-state index in [0.717, 1.165) is 5.69 Å². The Morgan fingerprint density at radius 3 is 2.80 bits per heavy atom. The summed E-state index contributed by atoms with van der Waals surface area (Å²) in [5.41, 5.74) is 0.807. The van der Waals surface area contributed by atoms with E-state index < -0.39 is 11.9 Å². The molecule has 1 heterocycles. The van der Waals surface area contributed by atoms with Gasteiger partial charge in [0.1, 0.15) is 17.4 Å². The van der Waals surface area contributed by atoms with Crippen LogP contribution in [0.2, 0.25) is 0 Å². The molecule has 1 aromatic heterocycles. The van der Waals surface area contributed by atoms with E-state index in [-0.39, 0.29) is 5.91 Å². The van der Waals surface area contributed by atoms with Gasteiger partial charge in [-0.15, -0.1) is 0 Å². The fourth-order valence-corrected chi connectivity index (χ4v) is 1.75. The first kappa shape index (κ1) is 14.0. The van der Waals surface area contributed by atoms with Crippen molar-refractivity contribution < 1.29 is 13.9 Å². The third-order valence-electron chi connectivity index (χ3n) is 2.73. The number of halogens is 1. The molecule has 1 aromatic carbocycles. The van der Waals surface area contributed by atoms with Crippen molar-refractivity contribution in [3.63, 3.8) is 0 Å². The lowest BCUT2D eigenvalue weighted by atomic mass is 10.3. The second kappa shape index (κ2) is 5.73. The summed E-state index contributed by atoms with van der Waals surface area (Å²) >= 11 is 0. The fourth-order valence-electron chi connectivity index (χ4n) is 1.75. The van der Waals surface area contributed by atoms with Crippen LogP contribution < -0.4 is 10.1 Å². The number of benzene rings is 1. The summed E-state index contributed by atoms with van der Waals surface area (Å²) in [6.07, 6.45) is -0.744. The molecule has 0 radical (unpaired) electrons. The topological polar surface area (TPSA) is 56.1 Å². The number of ether oxygens (including phenoxy) is 1. The number of aryl methyl sites for hydroxylation is 2. The second-order valence-electron chi connectivity index (χ2n) is 4.50.